The summed E-state index contributed by atoms with van der Waals surface area (Å²) in [5.41, 5.74) is 2.11. The molecule has 0 radical (unpaired) electrons. The maximum atomic E-state index is 10.6. The molecule has 1 aromatic rings. The fourth-order valence-corrected chi connectivity index (χ4v) is 4.66. The number of allylic oxidation sites excluding steroid dienone is 2. The molecule has 0 aliphatic heterocycles. The van der Waals surface area contributed by atoms with Gasteiger partial charge in [-0.25, -0.2) is 0 Å². The molecule has 1 aliphatic carbocycles. The van der Waals surface area contributed by atoms with Crippen LogP contribution in [0.5, 0.6) is 0 Å². The minimum atomic E-state index is -0.392. The van der Waals surface area contributed by atoms with E-state index in [0.717, 1.165) is 43.2 Å². The van der Waals surface area contributed by atoms with E-state index in [1.807, 2.05) is 12.1 Å². The van der Waals surface area contributed by atoms with E-state index in [1.165, 1.54) is 19.3 Å². The SMILES string of the molecule is CCCC/C=C\C[C@@H]1[C@@H](c2ccc(C(O)CCCCC)cc2)[C@H](O)C[C@H]1Cl. The van der Waals surface area contributed by atoms with Crippen LogP contribution in [0, 0.1) is 5.92 Å². The molecular weight excluding hydrogens is 356 g/mol. The Morgan fingerprint density at radius 1 is 1.07 bits per heavy atom. The van der Waals surface area contributed by atoms with Gasteiger partial charge >= 0.3 is 0 Å². The van der Waals surface area contributed by atoms with E-state index in [4.69, 9.17) is 11.6 Å². The second kappa shape index (κ2) is 11.9. The Bertz CT molecular complexity index is 554. The van der Waals surface area contributed by atoms with Crippen molar-refractivity contribution in [3.63, 3.8) is 0 Å². The van der Waals surface area contributed by atoms with Gasteiger partial charge < -0.3 is 10.2 Å². The van der Waals surface area contributed by atoms with E-state index in [2.05, 4.69) is 38.1 Å². The van der Waals surface area contributed by atoms with Crippen molar-refractivity contribution in [1.82, 2.24) is 0 Å². The first-order chi connectivity index (χ1) is 13.1. The van der Waals surface area contributed by atoms with E-state index >= 15 is 0 Å². The van der Waals surface area contributed by atoms with Crippen molar-refractivity contribution in [2.45, 2.75) is 95.1 Å². The highest BCUT2D eigenvalue weighted by atomic mass is 35.5. The summed E-state index contributed by atoms with van der Waals surface area (Å²) in [6.45, 7) is 4.38. The Labute approximate surface area is 170 Å². The molecule has 2 N–H and O–H groups in total. The van der Waals surface area contributed by atoms with Crippen LogP contribution >= 0.6 is 11.6 Å². The van der Waals surface area contributed by atoms with Crippen molar-refractivity contribution < 1.29 is 10.2 Å². The molecular formula is C24H37ClO2. The summed E-state index contributed by atoms with van der Waals surface area (Å²) in [5, 5.41) is 21.0. The van der Waals surface area contributed by atoms with E-state index < -0.39 is 6.10 Å². The average molecular weight is 393 g/mol. The number of aliphatic hydroxyl groups excluding tert-OH is 2. The topological polar surface area (TPSA) is 40.5 Å². The summed E-state index contributed by atoms with van der Waals surface area (Å²) in [5.74, 6) is 0.342. The van der Waals surface area contributed by atoms with Gasteiger partial charge in [0.05, 0.1) is 12.2 Å². The zero-order valence-electron chi connectivity index (χ0n) is 17.0. The average Bonchev–Trinajstić information content (AvgIpc) is 2.95. The van der Waals surface area contributed by atoms with Gasteiger partial charge in [-0.2, -0.15) is 0 Å². The Morgan fingerprint density at radius 2 is 1.78 bits per heavy atom. The van der Waals surface area contributed by atoms with Gasteiger partial charge in [-0.05, 0) is 42.7 Å². The molecule has 2 nitrogen and oxygen atoms in total. The Balaban J connectivity index is 2.01. The molecule has 2 rings (SSSR count). The predicted molar refractivity (Wildman–Crippen MR) is 115 cm³/mol. The number of halogens is 1. The zero-order valence-corrected chi connectivity index (χ0v) is 17.7. The van der Waals surface area contributed by atoms with Crippen LogP contribution in [0.4, 0.5) is 0 Å². The van der Waals surface area contributed by atoms with Gasteiger partial charge in [-0.15, -0.1) is 11.6 Å². The Hall–Kier alpha value is -0.830. The summed E-state index contributed by atoms with van der Waals surface area (Å²) in [6, 6.07) is 8.20. The number of hydrogen-bond acceptors (Lipinski definition) is 2. The molecule has 0 saturated heterocycles. The van der Waals surface area contributed by atoms with Crippen LogP contribution in [-0.2, 0) is 0 Å². The minimum absolute atomic E-state index is 0.0140. The van der Waals surface area contributed by atoms with Crippen LogP contribution in [0.1, 0.15) is 94.8 Å². The van der Waals surface area contributed by atoms with E-state index in [-0.39, 0.29) is 23.3 Å². The molecule has 0 heterocycles. The lowest BCUT2D eigenvalue weighted by Crippen LogP contribution is -2.18. The van der Waals surface area contributed by atoms with Crippen LogP contribution in [0.25, 0.3) is 0 Å². The molecule has 1 saturated carbocycles. The quantitative estimate of drug-likeness (QED) is 0.256. The highest BCUT2D eigenvalue weighted by molar-refractivity contribution is 6.21. The number of hydrogen-bond donors (Lipinski definition) is 2. The molecule has 5 atom stereocenters. The largest absolute Gasteiger partial charge is 0.392 e. The fraction of sp³-hybridized carbons (Fsp3) is 0.667. The van der Waals surface area contributed by atoms with Gasteiger partial charge in [0.15, 0.2) is 0 Å². The molecule has 1 fully saturated rings. The monoisotopic (exact) mass is 392 g/mol. The number of alkyl halides is 1. The molecule has 0 spiro atoms. The van der Waals surface area contributed by atoms with Crippen LogP contribution in [0.2, 0.25) is 0 Å². The van der Waals surface area contributed by atoms with Crippen molar-refractivity contribution >= 4 is 11.6 Å². The lowest BCUT2D eigenvalue weighted by atomic mass is 9.84. The number of rotatable bonds is 11. The minimum Gasteiger partial charge on any atom is -0.392 e. The highest BCUT2D eigenvalue weighted by Gasteiger charge is 2.41. The van der Waals surface area contributed by atoms with Crippen LogP contribution in [-0.4, -0.2) is 21.7 Å². The molecule has 1 aromatic carbocycles. The molecule has 1 unspecified atom stereocenters. The van der Waals surface area contributed by atoms with Crippen LogP contribution < -0.4 is 0 Å². The molecule has 0 amide bonds. The first kappa shape index (κ1) is 22.5. The van der Waals surface area contributed by atoms with Crippen molar-refractivity contribution in [2.24, 2.45) is 5.92 Å². The summed E-state index contributed by atoms with van der Waals surface area (Å²) >= 11 is 6.58. The standard InChI is InChI=1S/C24H37ClO2/c1-3-5-7-8-10-11-20-21(25)17-23(27)24(20)19-15-13-18(14-16-19)22(26)12-9-6-4-2/h8,10,13-16,20-24,26-27H,3-7,9,11-12,17H2,1-2H3/b10-8-/t20-,21+,22?,23+,24+/m0/s1. The third-order valence-corrected chi connectivity index (χ3v) is 6.40. The number of benzene rings is 1. The van der Waals surface area contributed by atoms with Crippen molar-refractivity contribution in [3.8, 4) is 0 Å². The fourth-order valence-electron chi connectivity index (χ4n) is 4.21. The highest BCUT2D eigenvalue weighted by Crippen LogP contribution is 2.45. The molecule has 27 heavy (non-hydrogen) atoms. The lowest BCUT2D eigenvalue weighted by molar-refractivity contribution is 0.154. The molecule has 1 aliphatic rings. The third-order valence-electron chi connectivity index (χ3n) is 5.89. The van der Waals surface area contributed by atoms with E-state index in [1.54, 1.807) is 0 Å². The van der Waals surface area contributed by atoms with Gasteiger partial charge in [0.2, 0.25) is 0 Å². The molecule has 0 bridgehead atoms. The van der Waals surface area contributed by atoms with Gasteiger partial charge in [0.25, 0.3) is 0 Å². The third kappa shape index (κ3) is 6.62. The van der Waals surface area contributed by atoms with E-state index in [9.17, 15) is 10.2 Å². The number of unbranched alkanes of at least 4 members (excludes halogenated alkanes) is 4. The molecule has 0 aromatic heterocycles. The second-order valence-electron chi connectivity index (χ2n) is 8.04. The van der Waals surface area contributed by atoms with Crippen LogP contribution in [0.3, 0.4) is 0 Å². The van der Waals surface area contributed by atoms with Gasteiger partial charge in [0, 0.05) is 11.3 Å². The predicted octanol–water partition coefficient (Wildman–Crippen LogP) is 6.51. The zero-order chi connectivity index (χ0) is 19.6. The second-order valence-corrected chi connectivity index (χ2v) is 8.60. The van der Waals surface area contributed by atoms with Gasteiger partial charge in [-0.1, -0.05) is 82.4 Å². The molecule has 152 valence electrons. The summed E-state index contributed by atoms with van der Waals surface area (Å²) in [4.78, 5) is 0. The first-order valence-corrected chi connectivity index (χ1v) is 11.3. The summed E-state index contributed by atoms with van der Waals surface area (Å²) in [7, 11) is 0. The maximum Gasteiger partial charge on any atom is 0.0790 e. The summed E-state index contributed by atoms with van der Waals surface area (Å²) in [6.07, 6.45) is 13.0. The normalized spacial score (nSPS) is 26.7. The van der Waals surface area contributed by atoms with Gasteiger partial charge in [0.1, 0.15) is 0 Å². The van der Waals surface area contributed by atoms with Crippen molar-refractivity contribution in [2.75, 3.05) is 0 Å². The van der Waals surface area contributed by atoms with Crippen LogP contribution in [0.15, 0.2) is 36.4 Å². The van der Waals surface area contributed by atoms with Gasteiger partial charge in [-0.3, -0.25) is 0 Å². The van der Waals surface area contributed by atoms with Crippen molar-refractivity contribution in [3.05, 3.63) is 47.5 Å². The number of aliphatic hydroxyl groups is 2. The lowest BCUT2D eigenvalue weighted by Gasteiger charge is -2.23. The first-order valence-electron chi connectivity index (χ1n) is 10.8. The molecule has 3 heteroatoms. The Kier molecular flexibility index (Phi) is 9.89. The maximum absolute atomic E-state index is 10.6. The van der Waals surface area contributed by atoms with Crippen molar-refractivity contribution in [1.29, 1.82) is 0 Å². The Morgan fingerprint density at radius 3 is 2.44 bits per heavy atom. The smallest absolute Gasteiger partial charge is 0.0790 e. The van der Waals surface area contributed by atoms with E-state index in [0.29, 0.717) is 6.42 Å². The summed E-state index contributed by atoms with van der Waals surface area (Å²) < 4.78 is 0.